The van der Waals surface area contributed by atoms with Crippen LogP contribution in [0.3, 0.4) is 0 Å². The molecule has 21 heavy (non-hydrogen) atoms. The molecule has 3 N–H and O–H groups in total. The smallest absolute Gasteiger partial charge is 0.166 e. The third-order valence-electron chi connectivity index (χ3n) is 1.82. The van der Waals surface area contributed by atoms with Crippen molar-refractivity contribution in [3.63, 3.8) is 0 Å². The van der Waals surface area contributed by atoms with Crippen molar-refractivity contribution in [2.24, 2.45) is 0 Å². The minimum atomic E-state index is 0. The molecule has 0 aliphatic rings. The van der Waals surface area contributed by atoms with Crippen LogP contribution in [0, 0.1) is 0 Å². The number of nitrogens with one attached hydrogen (secondary N) is 3. The normalized spacial score (nSPS) is 6.86. The van der Waals surface area contributed by atoms with Crippen molar-refractivity contribution in [2.75, 3.05) is 0 Å². The summed E-state index contributed by atoms with van der Waals surface area (Å²) in [5.41, 5.74) is 0. The first-order valence-corrected chi connectivity index (χ1v) is 5.73. The maximum Gasteiger partial charge on any atom is 0.166 e. The Bertz CT molecular complexity index is 320. The molecule has 0 atom stereocenters. The molecule has 6 heteroatoms. The van der Waals surface area contributed by atoms with Gasteiger partial charge in [0, 0.05) is 36.4 Å². The Morgan fingerprint density at radius 2 is 0.571 bits per heavy atom. The summed E-state index contributed by atoms with van der Waals surface area (Å²) in [6.07, 6.45) is 11.2. The van der Waals surface area contributed by atoms with E-state index >= 15 is 0 Å². The van der Waals surface area contributed by atoms with Crippen molar-refractivity contribution < 1.29 is 68.3 Å². The van der Waals surface area contributed by atoms with E-state index < -0.39 is 0 Å². The minimum Gasteiger partial charge on any atom is -1.00 e. The molecule has 3 rings (SSSR count). The lowest BCUT2D eigenvalue weighted by molar-refractivity contribution is -0.378. The summed E-state index contributed by atoms with van der Waals surface area (Å²) >= 11 is 0. The lowest BCUT2D eigenvalue weighted by atomic mass is 10.5. The number of pyridine rings is 3. The Balaban J connectivity index is -0.000000216. The van der Waals surface area contributed by atoms with Gasteiger partial charge < -0.3 is 53.4 Å². The molecule has 0 radical (unpaired) electrons. The summed E-state index contributed by atoms with van der Waals surface area (Å²) in [5.74, 6) is 0. The molecule has 0 saturated heterocycles. The van der Waals surface area contributed by atoms with E-state index in [0.29, 0.717) is 0 Å². The minimum absolute atomic E-state index is 0. The van der Waals surface area contributed by atoms with Crippen LogP contribution in [-0.4, -0.2) is 0 Å². The fourth-order valence-electron chi connectivity index (χ4n) is 1.03. The van der Waals surface area contributed by atoms with Gasteiger partial charge in [0.05, 0.1) is 0 Å². The van der Waals surface area contributed by atoms with E-state index in [1.807, 2.05) is 91.8 Å². The van der Waals surface area contributed by atoms with Gasteiger partial charge in [0.2, 0.25) is 0 Å². The van der Waals surface area contributed by atoms with E-state index in [-0.39, 0.29) is 53.4 Å². The van der Waals surface area contributed by atoms with Crippen LogP contribution >= 0.6 is 0 Å². The lowest BCUT2D eigenvalue weighted by Crippen LogP contribution is -3.00. The van der Waals surface area contributed by atoms with Crippen LogP contribution < -0.4 is 68.3 Å². The van der Waals surface area contributed by atoms with Gasteiger partial charge in [-0.1, -0.05) is 18.2 Å². The van der Waals surface area contributed by atoms with Crippen LogP contribution in [-0.2, 0) is 0 Å². The highest BCUT2D eigenvalue weighted by Crippen LogP contribution is 1.69. The van der Waals surface area contributed by atoms with E-state index in [1.165, 1.54) is 0 Å². The highest BCUT2D eigenvalue weighted by molar-refractivity contribution is 4.83. The fraction of sp³-hybridized carbons (Fsp3) is 0. The molecule has 0 spiro atoms. The summed E-state index contributed by atoms with van der Waals surface area (Å²) in [6, 6.07) is 17.6. The van der Waals surface area contributed by atoms with Crippen LogP contribution in [0.5, 0.6) is 0 Å². The standard InChI is InChI=1S/3C5H5N.BrH.ClH.HI/c3*1-2-4-6-5-3-1;;;/h3*1-5H;3*1H. The van der Waals surface area contributed by atoms with Crippen molar-refractivity contribution in [3.8, 4) is 0 Å². The third kappa shape index (κ3) is 18.9. The van der Waals surface area contributed by atoms with E-state index in [4.69, 9.17) is 0 Å². The summed E-state index contributed by atoms with van der Waals surface area (Å²) in [6.45, 7) is 0. The Kier molecular flexibility index (Phi) is 25.2. The second-order valence-electron chi connectivity index (χ2n) is 3.23. The molecular formula is C15H18BrClIN3. The second kappa shape index (κ2) is 21.3. The van der Waals surface area contributed by atoms with Crippen LogP contribution in [0.15, 0.2) is 91.8 Å². The van der Waals surface area contributed by atoms with Gasteiger partial charge in [-0.05, 0) is 0 Å². The SMILES string of the molecule is [Br-].[Cl-].[I-].c1cc[nH+]cc1.c1cc[nH+]cc1.c1cc[nH+]cc1. The molecule has 0 fully saturated rings. The molecule has 0 amide bonds. The quantitative estimate of drug-likeness (QED) is 0.286. The van der Waals surface area contributed by atoms with Gasteiger partial charge in [0.25, 0.3) is 0 Å². The average molecular weight is 483 g/mol. The number of halogens is 3. The van der Waals surface area contributed by atoms with E-state index in [1.54, 1.807) is 0 Å². The van der Waals surface area contributed by atoms with E-state index in [2.05, 4.69) is 15.0 Å². The highest BCUT2D eigenvalue weighted by Gasteiger charge is 1.67. The highest BCUT2D eigenvalue weighted by atomic mass is 127. The Morgan fingerprint density at radius 1 is 0.381 bits per heavy atom. The Labute approximate surface area is 159 Å². The zero-order chi connectivity index (χ0) is 12.7. The molecule has 0 unspecified atom stereocenters. The molecule has 0 aromatic carbocycles. The summed E-state index contributed by atoms with van der Waals surface area (Å²) in [7, 11) is 0. The topological polar surface area (TPSA) is 42.4 Å². The van der Waals surface area contributed by atoms with Crippen LogP contribution in [0.2, 0.25) is 0 Å². The first kappa shape index (κ1) is 24.9. The number of aromatic nitrogens is 3. The maximum absolute atomic E-state index is 2.89. The van der Waals surface area contributed by atoms with Gasteiger partial charge in [-0.2, -0.15) is 0 Å². The number of aromatic amines is 3. The molecular weight excluding hydrogens is 464 g/mol. The van der Waals surface area contributed by atoms with Crippen LogP contribution in [0.1, 0.15) is 0 Å². The first-order valence-electron chi connectivity index (χ1n) is 5.73. The molecule has 0 aliphatic carbocycles. The predicted molar refractivity (Wildman–Crippen MR) is 69.0 cm³/mol. The zero-order valence-electron chi connectivity index (χ0n) is 11.3. The van der Waals surface area contributed by atoms with Crippen molar-refractivity contribution in [3.05, 3.63) is 91.8 Å². The predicted octanol–water partition coefficient (Wildman–Crippen LogP) is -7.49. The van der Waals surface area contributed by atoms with E-state index in [0.717, 1.165) is 0 Å². The van der Waals surface area contributed by atoms with Crippen LogP contribution in [0.4, 0.5) is 0 Å². The van der Waals surface area contributed by atoms with Crippen molar-refractivity contribution >= 4 is 0 Å². The maximum atomic E-state index is 2.89. The number of rotatable bonds is 0. The number of hydrogen-bond acceptors (Lipinski definition) is 0. The summed E-state index contributed by atoms with van der Waals surface area (Å²) < 4.78 is 0. The molecule has 3 heterocycles. The Morgan fingerprint density at radius 3 is 0.619 bits per heavy atom. The average Bonchev–Trinajstić information content (AvgIpc) is 2.54. The van der Waals surface area contributed by atoms with Gasteiger partial charge in [0.1, 0.15) is 0 Å². The first-order chi connectivity index (χ1) is 9.00. The van der Waals surface area contributed by atoms with E-state index in [9.17, 15) is 0 Å². The summed E-state index contributed by atoms with van der Waals surface area (Å²) in [5, 5.41) is 0. The van der Waals surface area contributed by atoms with Gasteiger partial charge in [0.15, 0.2) is 37.2 Å². The van der Waals surface area contributed by atoms with Gasteiger partial charge >= 0.3 is 0 Å². The third-order valence-corrected chi connectivity index (χ3v) is 1.82. The molecule has 0 bridgehead atoms. The second-order valence-corrected chi connectivity index (χ2v) is 3.23. The van der Waals surface area contributed by atoms with Gasteiger partial charge in [-0.25, -0.2) is 15.0 Å². The molecule has 114 valence electrons. The molecule has 3 aromatic rings. The number of hydrogen-bond donors (Lipinski definition) is 0. The molecule has 3 aromatic heterocycles. The Hall–Kier alpha value is -1.05. The zero-order valence-corrected chi connectivity index (χ0v) is 15.8. The van der Waals surface area contributed by atoms with Crippen molar-refractivity contribution in [2.45, 2.75) is 0 Å². The monoisotopic (exact) mass is 481 g/mol. The molecule has 3 nitrogen and oxygen atoms in total. The molecule has 0 aliphatic heterocycles. The fourth-order valence-corrected chi connectivity index (χ4v) is 1.03. The van der Waals surface area contributed by atoms with Crippen molar-refractivity contribution in [1.29, 1.82) is 0 Å². The van der Waals surface area contributed by atoms with Crippen molar-refractivity contribution in [1.82, 2.24) is 0 Å². The largest absolute Gasteiger partial charge is 1.00 e. The molecule has 0 saturated carbocycles. The van der Waals surface area contributed by atoms with Gasteiger partial charge in [-0.3, -0.25) is 0 Å². The summed E-state index contributed by atoms with van der Waals surface area (Å²) in [4.78, 5) is 8.68. The van der Waals surface area contributed by atoms with Gasteiger partial charge in [-0.15, -0.1) is 0 Å². The number of H-pyrrole nitrogens is 3. The van der Waals surface area contributed by atoms with Crippen LogP contribution in [0.25, 0.3) is 0 Å². The lowest BCUT2D eigenvalue weighted by Gasteiger charge is -1.63.